The molecule has 0 radical (unpaired) electrons. The summed E-state index contributed by atoms with van der Waals surface area (Å²) in [5.74, 6) is 0. The van der Waals surface area contributed by atoms with Crippen molar-refractivity contribution in [1.82, 2.24) is 10.3 Å². The zero-order valence-corrected chi connectivity index (χ0v) is 11.2. The third-order valence-electron chi connectivity index (χ3n) is 3.16. The SMILES string of the molecule is Cc1cc(C)c2[nH]cc(CCNC(C)C)c2c1. The summed E-state index contributed by atoms with van der Waals surface area (Å²) in [6, 6.07) is 5.07. The highest BCUT2D eigenvalue weighted by Gasteiger charge is 2.06. The van der Waals surface area contributed by atoms with Crippen LogP contribution in [-0.4, -0.2) is 17.6 Å². The molecule has 0 saturated carbocycles. The van der Waals surface area contributed by atoms with Crippen molar-refractivity contribution in [3.8, 4) is 0 Å². The molecule has 17 heavy (non-hydrogen) atoms. The van der Waals surface area contributed by atoms with Crippen LogP contribution in [0.4, 0.5) is 0 Å². The van der Waals surface area contributed by atoms with Crippen molar-refractivity contribution in [1.29, 1.82) is 0 Å². The minimum Gasteiger partial charge on any atom is -0.361 e. The summed E-state index contributed by atoms with van der Waals surface area (Å²) in [6.07, 6.45) is 3.24. The molecule has 2 nitrogen and oxygen atoms in total. The molecular formula is C15H22N2. The molecule has 0 bridgehead atoms. The van der Waals surface area contributed by atoms with E-state index >= 15 is 0 Å². The Kier molecular flexibility index (Phi) is 3.53. The van der Waals surface area contributed by atoms with Crippen LogP contribution >= 0.6 is 0 Å². The van der Waals surface area contributed by atoms with E-state index in [2.05, 4.69) is 56.3 Å². The third kappa shape index (κ3) is 2.70. The van der Waals surface area contributed by atoms with Crippen molar-refractivity contribution in [3.63, 3.8) is 0 Å². The average molecular weight is 230 g/mol. The molecule has 92 valence electrons. The Morgan fingerprint density at radius 2 is 2.00 bits per heavy atom. The molecule has 0 spiro atoms. The fraction of sp³-hybridized carbons (Fsp3) is 0.467. The van der Waals surface area contributed by atoms with Crippen molar-refractivity contribution >= 4 is 10.9 Å². The van der Waals surface area contributed by atoms with Crippen molar-refractivity contribution in [2.45, 2.75) is 40.2 Å². The number of hydrogen-bond acceptors (Lipinski definition) is 1. The van der Waals surface area contributed by atoms with E-state index in [-0.39, 0.29) is 0 Å². The molecule has 2 rings (SSSR count). The lowest BCUT2D eigenvalue weighted by Gasteiger charge is -2.07. The Balaban J connectivity index is 2.23. The van der Waals surface area contributed by atoms with Crippen LogP contribution in [0, 0.1) is 13.8 Å². The molecule has 0 aliphatic carbocycles. The van der Waals surface area contributed by atoms with Gasteiger partial charge in [-0.15, -0.1) is 0 Å². The molecule has 2 aromatic rings. The lowest BCUT2D eigenvalue weighted by atomic mass is 10.0. The molecule has 0 unspecified atom stereocenters. The largest absolute Gasteiger partial charge is 0.361 e. The molecule has 1 aromatic heterocycles. The van der Waals surface area contributed by atoms with Crippen LogP contribution in [0.15, 0.2) is 18.3 Å². The van der Waals surface area contributed by atoms with Gasteiger partial charge in [-0.1, -0.05) is 25.5 Å². The van der Waals surface area contributed by atoms with Gasteiger partial charge in [0.25, 0.3) is 0 Å². The van der Waals surface area contributed by atoms with E-state index in [9.17, 15) is 0 Å². The summed E-state index contributed by atoms with van der Waals surface area (Å²) in [4.78, 5) is 3.39. The molecule has 0 fully saturated rings. The van der Waals surface area contributed by atoms with E-state index < -0.39 is 0 Å². The van der Waals surface area contributed by atoms with Crippen LogP contribution < -0.4 is 5.32 Å². The van der Waals surface area contributed by atoms with E-state index in [1.54, 1.807) is 0 Å². The van der Waals surface area contributed by atoms with E-state index in [4.69, 9.17) is 0 Å². The molecule has 0 saturated heterocycles. The van der Waals surface area contributed by atoms with Gasteiger partial charge in [0.15, 0.2) is 0 Å². The molecule has 0 aliphatic rings. The van der Waals surface area contributed by atoms with Crippen LogP contribution in [0.3, 0.4) is 0 Å². The Morgan fingerprint density at radius 3 is 2.71 bits per heavy atom. The van der Waals surface area contributed by atoms with Crippen LogP contribution in [0.25, 0.3) is 10.9 Å². The van der Waals surface area contributed by atoms with Crippen molar-refractivity contribution in [3.05, 3.63) is 35.0 Å². The number of H-pyrrole nitrogens is 1. The number of aryl methyl sites for hydroxylation is 2. The van der Waals surface area contributed by atoms with Gasteiger partial charge in [0, 0.05) is 23.1 Å². The Labute approximate surface area is 103 Å². The first-order chi connectivity index (χ1) is 8.08. The maximum Gasteiger partial charge on any atom is 0.0486 e. The van der Waals surface area contributed by atoms with Crippen LogP contribution in [0.1, 0.15) is 30.5 Å². The second-order valence-corrected chi connectivity index (χ2v) is 5.18. The first kappa shape index (κ1) is 12.2. The molecule has 2 N–H and O–H groups in total. The summed E-state index contributed by atoms with van der Waals surface area (Å²) in [5, 5.41) is 4.85. The number of hydrogen-bond donors (Lipinski definition) is 2. The predicted octanol–water partition coefficient (Wildman–Crippen LogP) is 3.33. The van der Waals surface area contributed by atoms with Gasteiger partial charge >= 0.3 is 0 Å². The Morgan fingerprint density at radius 1 is 1.24 bits per heavy atom. The second kappa shape index (κ2) is 4.92. The van der Waals surface area contributed by atoms with Crippen LogP contribution in [-0.2, 0) is 6.42 Å². The number of rotatable bonds is 4. The highest BCUT2D eigenvalue weighted by molar-refractivity contribution is 5.86. The topological polar surface area (TPSA) is 27.8 Å². The third-order valence-corrected chi connectivity index (χ3v) is 3.16. The minimum absolute atomic E-state index is 0.559. The van der Waals surface area contributed by atoms with E-state index in [0.29, 0.717) is 6.04 Å². The lowest BCUT2D eigenvalue weighted by molar-refractivity contribution is 0.591. The zero-order valence-electron chi connectivity index (χ0n) is 11.2. The van der Waals surface area contributed by atoms with Gasteiger partial charge in [-0.3, -0.25) is 0 Å². The maximum absolute atomic E-state index is 3.46. The zero-order chi connectivity index (χ0) is 12.4. The summed E-state index contributed by atoms with van der Waals surface area (Å²) in [5.41, 5.74) is 5.38. The smallest absolute Gasteiger partial charge is 0.0486 e. The van der Waals surface area contributed by atoms with Gasteiger partial charge in [-0.05, 0) is 44.0 Å². The standard InChI is InChI=1S/C15H22N2/c1-10(2)16-6-5-13-9-17-15-12(4)7-11(3)8-14(13)15/h7-10,16-17H,5-6H2,1-4H3. The number of aromatic nitrogens is 1. The van der Waals surface area contributed by atoms with Crippen molar-refractivity contribution in [2.24, 2.45) is 0 Å². The number of benzene rings is 1. The Bertz CT molecular complexity index is 509. The normalized spacial score (nSPS) is 11.6. The van der Waals surface area contributed by atoms with Gasteiger partial charge in [0.05, 0.1) is 0 Å². The molecule has 0 aliphatic heterocycles. The molecule has 1 heterocycles. The quantitative estimate of drug-likeness (QED) is 0.828. The first-order valence-corrected chi connectivity index (χ1v) is 6.38. The lowest BCUT2D eigenvalue weighted by Crippen LogP contribution is -2.24. The van der Waals surface area contributed by atoms with Crippen molar-refractivity contribution in [2.75, 3.05) is 6.54 Å². The van der Waals surface area contributed by atoms with E-state index in [0.717, 1.165) is 13.0 Å². The van der Waals surface area contributed by atoms with E-state index in [1.165, 1.54) is 27.6 Å². The van der Waals surface area contributed by atoms with Gasteiger partial charge < -0.3 is 10.3 Å². The first-order valence-electron chi connectivity index (χ1n) is 6.38. The van der Waals surface area contributed by atoms with Crippen LogP contribution in [0.2, 0.25) is 0 Å². The molecular weight excluding hydrogens is 208 g/mol. The molecule has 1 aromatic carbocycles. The van der Waals surface area contributed by atoms with Gasteiger partial charge in [-0.2, -0.15) is 0 Å². The van der Waals surface area contributed by atoms with Gasteiger partial charge in [0.2, 0.25) is 0 Å². The monoisotopic (exact) mass is 230 g/mol. The van der Waals surface area contributed by atoms with Crippen molar-refractivity contribution < 1.29 is 0 Å². The summed E-state index contributed by atoms with van der Waals surface area (Å²) in [6.45, 7) is 9.74. The van der Waals surface area contributed by atoms with Gasteiger partial charge in [0.1, 0.15) is 0 Å². The highest BCUT2D eigenvalue weighted by Crippen LogP contribution is 2.23. The predicted molar refractivity (Wildman–Crippen MR) is 74.6 cm³/mol. The number of aromatic amines is 1. The summed E-state index contributed by atoms with van der Waals surface area (Å²) >= 11 is 0. The highest BCUT2D eigenvalue weighted by atomic mass is 14.9. The second-order valence-electron chi connectivity index (χ2n) is 5.18. The fourth-order valence-electron chi connectivity index (χ4n) is 2.35. The molecule has 2 heteroatoms. The molecule has 0 atom stereocenters. The summed E-state index contributed by atoms with van der Waals surface area (Å²) in [7, 11) is 0. The minimum atomic E-state index is 0.559. The maximum atomic E-state index is 3.46. The van der Waals surface area contributed by atoms with Gasteiger partial charge in [-0.25, -0.2) is 0 Å². The molecule has 0 amide bonds. The summed E-state index contributed by atoms with van der Waals surface area (Å²) < 4.78 is 0. The average Bonchev–Trinajstić information content (AvgIpc) is 2.61. The fourth-order valence-corrected chi connectivity index (χ4v) is 2.35. The van der Waals surface area contributed by atoms with Crippen LogP contribution in [0.5, 0.6) is 0 Å². The number of fused-ring (bicyclic) bond motifs is 1. The number of nitrogens with one attached hydrogen (secondary N) is 2. The van der Waals surface area contributed by atoms with E-state index in [1.807, 2.05) is 0 Å². The Hall–Kier alpha value is -1.28.